The van der Waals surface area contributed by atoms with Crippen LogP contribution in [0.5, 0.6) is 0 Å². The van der Waals surface area contributed by atoms with Crippen molar-refractivity contribution in [3.05, 3.63) is 52.9 Å². The summed E-state index contributed by atoms with van der Waals surface area (Å²) in [5, 5.41) is 3.77. The van der Waals surface area contributed by atoms with Crippen LogP contribution in [0.25, 0.3) is 0 Å². The Hall–Kier alpha value is -2.61. The third-order valence-electron chi connectivity index (χ3n) is 4.41. The zero-order valence-electron chi connectivity index (χ0n) is 14.9. The lowest BCUT2D eigenvalue weighted by Gasteiger charge is -2.25. The second kappa shape index (κ2) is 6.60. The third kappa shape index (κ3) is 2.90. The van der Waals surface area contributed by atoms with E-state index in [1.165, 1.54) is 4.31 Å². The van der Waals surface area contributed by atoms with Crippen LogP contribution in [0.15, 0.2) is 39.8 Å². The van der Waals surface area contributed by atoms with Crippen molar-refractivity contribution in [3.63, 3.8) is 0 Å². The van der Waals surface area contributed by atoms with Crippen LogP contribution >= 0.6 is 0 Å². The van der Waals surface area contributed by atoms with E-state index in [0.29, 0.717) is 23.4 Å². The zero-order valence-corrected chi connectivity index (χ0v) is 15.7. The molecular weight excluding hydrogens is 354 g/mol. The fraction of sp³-hybridized carbons (Fsp3) is 0.333. The summed E-state index contributed by atoms with van der Waals surface area (Å²) in [5.74, 6) is -0.289. The number of aromatic nitrogens is 1. The molecule has 2 heterocycles. The lowest BCUT2D eigenvalue weighted by molar-refractivity contribution is 0.1000. The molecule has 1 aromatic carbocycles. The molecule has 3 rings (SSSR count). The van der Waals surface area contributed by atoms with E-state index in [2.05, 4.69) is 5.16 Å². The van der Waals surface area contributed by atoms with Crippen molar-refractivity contribution >= 4 is 21.6 Å². The van der Waals surface area contributed by atoms with Gasteiger partial charge < -0.3 is 10.3 Å². The number of nitrogens with two attached hydrogens (primary N) is 1. The second-order valence-corrected chi connectivity index (χ2v) is 8.02. The quantitative estimate of drug-likeness (QED) is 0.808. The number of nitrogens with zero attached hydrogens (tertiary/aromatic N) is 2. The number of carbonyl (C=O) groups excluding carboxylic acids is 1. The standard InChI is InChI=1S/C18H21N3O4S/c1-4-5-6-15-10-14-9-13(18(19)22)7-8-16(14)21(15)26(23,24)17-11(2)20-25-12(17)3/h5-9,15H,4,10H2,1-3H3,(H2,19,22)/b6-5+. The maximum atomic E-state index is 13.4. The van der Waals surface area contributed by atoms with Crippen LogP contribution in [0.3, 0.4) is 0 Å². The lowest BCUT2D eigenvalue weighted by atomic mass is 10.1. The maximum absolute atomic E-state index is 13.4. The SMILES string of the molecule is CC/C=C/C1Cc2cc(C(N)=O)ccc2N1S(=O)(=O)c1c(C)noc1C. The summed E-state index contributed by atoms with van der Waals surface area (Å²) in [5.41, 5.74) is 7.34. The van der Waals surface area contributed by atoms with Gasteiger partial charge in [-0.3, -0.25) is 9.10 Å². The molecule has 138 valence electrons. The number of sulfonamides is 1. The van der Waals surface area contributed by atoms with Gasteiger partial charge in [-0.2, -0.15) is 0 Å². The van der Waals surface area contributed by atoms with Gasteiger partial charge in [0.05, 0.1) is 11.7 Å². The van der Waals surface area contributed by atoms with Crippen molar-refractivity contribution < 1.29 is 17.7 Å². The number of fused-ring (bicyclic) bond motifs is 1. The Balaban J connectivity index is 2.17. The van der Waals surface area contributed by atoms with Crippen molar-refractivity contribution in [1.82, 2.24) is 5.16 Å². The van der Waals surface area contributed by atoms with Gasteiger partial charge in [0.1, 0.15) is 5.69 Å². The minimum absolute atomic E-state index is 0.0826. The zero-order chi connectivity index (χ0) is 19.1. The van der Waals surface area contributed by atoms with Gasteiger partial charge >= 0.3 is 0 Å². The number of benzene rings is 1. The first kappa shape index (κ1) is 18.2. The van der Waals surface area contributed by atoms with Crippen molar-refractivity contribution in [1.29, 1.82) is 0 Å². The van der Waals surface area contributed by atoms with Crippen LogP contribution in [-0.4, -0.2) is 25.5 Å². The Bertz CT molecular complexity index is 972. The highest BCUT2D eigenvalue weighted by Gasteiger charge is 2.40. The average Bonchev–Trinajstić information content (AvgIpc) is 3.12. The number of amides is 1. The molecule has 1 amide bonds. The molecule has 1 aromatic heterocycles. The normalized spacial score (nSPS) is 17.0. The van der Waals surface area contributed by atoms with Gasteiger partial charge in [0.2, 0.25) is 5.91 Å². The van der Waals surface area contributed by atoms with E-state index in [4.69, 9.17) is 10.3 Å². The molecule has 26 heavy (non-hydrogen) atoms. The second-order valence-electron chi connectivity index (χ2n) is 6.27. The number of rotatable bonds is 5. The minimum Gasteiger partial charge on any atom is -0.366 e. The molecular formula is C18H21N3O4S. The van der Waals surface area contributed by atoms with E-state index in [-0.39, 0.29) is 16.7 Å². The number of hydrogen-bond acceptors (Lipinski definition) is 5. The van der Waals surface area contributed by atoms with Crippen LogP contribution in [0.1, 0.15) is 40.7 Å². The van der Waals surface area contributed by atoms with E-state index < -0.39 is 15.9 Å². The molecule has 7 nitrogen and oxygen atoms in total. The average molecular weight is 375 g/mol. The van der Waals surface area contributed by atoms with Gasteiger partial charge in [0.15, 0.2) is 10.7 Å². The van der Waals surface area contributed by atoms with E-state index in [0.717, 1.165) is 12.0 Å². The van der Waals surface area contributed by atoms with Crippen LogP contribution in [0.2, 0.25) is 0 Å². The lowest BCUT2D eigenvalue weighted by Crippen LogP contribution is -2.37. The fourth-order valence-electron chi connectivity index (χ4n) is 3.29. The molecule has 0 spiro atoms. The maximum Gasteiger partial charge on any atom is 0.270 e. The third-order valence-corrected chi connectivity index (χ3v) is 6.49. The molecule has 0 aliphatic carbocycles. The predicted molar refractivity (Wildman–Crippen MR) is 97.5 cm³/mol. The molecule has 0 bridgehead atoms. The highest BCUT2D eigenvalue weighted by atomic mass is 32.2. The summed E-state index contributed by atoms with van der Waals surface area (Å²) in [6.45, 7) is 5.17. The van der Waals surface area contributed by atoms with Crippen molar-refractivity contribution in [2.45, 2.75) is 44.6 Å². The number of primary amides is 1. The number of hydrogen-bond donors (Lipinski definition) is 1. The molecule has 1 atom stereocenters. The first-order valence-electron chi connectivity index (χ1n) is 8.34. The van der Waals surface area contributed by atoms with Crippen molar-refractivity contribution in [2.75, 3.05) is 4.31 Å². The molecule has 2 aromatic rings. The van der Waals surface area contributed by atoms with E-state index in [1.54, 1.807) is 32.0 Å². The molecule has 2 N–H and O–H groups in total. The first-order chi connectivity index (χ1) is 12.3. The van der Waals surface area contributed by atoms with E-state index in [9.17, 15) is 13.2 Å². The van der Waals surface area contributed by atoms with E-state index >= 15 is 0 Å². The van der Waals surface area contributed by atoms with Gasteiger partial charge in [0.25, 0.3) is 10.0 Å². The Morgan fingerprint density at radius 1 is 1.42 bits per heavy atom. The topological polar surface area (TPSA) is 106 Å². The number of carbonyl (C=O) groups is 1. The van der Waals surface area contributed by atoms with Crippen molar-refractivity contribution in [2.24, 2.45) is 5.73 Å². The smallest absolute Gasteiger partial charge is 0.270 e. The predicted octanol–water partition coefficient (Wildman–Crippen LogP) is 2.48. The summed E-state index contributed by atoms with van der Waals surface area (Å²) in [7, 11) is -3.87. The summed E-state index contributed by atoms with van der Waals surface area (Å²) in [6, 6.07) is 4.45. The molecule has 0 saturated carbocycles. The molecule has 1 aliphatic rings. The largest absolute Gasteiger partial charge is 0.366 e. The molecule has 0 saturated heterocycles. The molecule has 1 unspecified atom stereocenters. The van der Waals surface area contributed by atoms with Crippen LogP contribution in [-0.2, 0) is 16.4 Å². The first-order valence-corrected chi connectivity index (χ1v) is 9.78. The van der Waals surface area contributed by atoms with Gasteiger partial charge in [-0.15, -0.1) is 0 Å². The minimum atomic E-state index is -3.87. The number of aryl methyl sites for hydroxylation is 2. The Morgan fingerprint density at radius 3 is 2.73 bits per heavy atom. The van der Waals surface area contributed by atoms with Crippen LogP contribution in [0, 0.1) is 13.8 Å². The monoisotopic (exact) mass is 375 g/mol. The summed E-state index contributed by atoms with van der Waals surface area (Å²) < 4.78 is 33.2. The Labute approximate surface area is 152 Å². The van der Waals surface area contributed by atoms with Crippen LogP contribution < -0.4 is 10.0 Å². The number of anilines is 1. The molecule has 1 aliphatic heterocycles. The fourth-order valence-corrected chi connectivity index (χ4v) is 5.24. The van der Waals surface area contributed by atoms with Gasteiger partial charge in [0, 0.05) is 5.56 Å². The van der Waals surface area contributed by atoms with Gasteiger partial charge in [-0.05, 0) is 50.5 Å². The molecule has 0 radical (unpaired) electrons. The van der Waals surface area contributed by atoms with E-state index in [1.807, 2.05) is 19.1 Å². The number of allylic oxidation sites excluding steroid dienone is 1. The summed E-state index contributed by atoms with van der Waals surface area (Å²) in [6.07, 6.45) is 5.06. The summed E-state index contributed by atoms with van der Waals surface area (Å²) in [4.78, 5) is 11.5. The summed E-state index contributed by atoms with van der Waals surface area (Å²) >= 11 is 0. The Kier molecular flexibility index (Phi) is 4.62. The highest BCUT2D eigenvalue weighted by molar-refractivity contribution is 7.93. The van der Waals surface area contributed by atoms with Crippen molar-refractivity contribution in [3.8, 4) is 0 Å². The highest BCUT2D eigenvalue weighted by Crippen LogP contribution is 2.39. The van der Waals surface area contributed by atoms with Crippen LogP contribution in [0.4, 0.5) is 5.69 Å². The van der Waals surface area contributed by atoms with Gasteiger partial charge in [-0.1, -0.05) is 24.2 Å². The molecule has 8 heteroatoms. The van der Waals surface area contributed by atoms with Gasteiger partial charge in [-0.25, -0.2) is 8.42 Å². The molecule has 0 fully saturated rings. The Morgan fingerprint density at radius 2 is 2.15 bits per heavy atom.